The van der Waals surface area contributed by atoms with Crippen LogP contribution in [0.25, 0.3) is 0 Å². The third kappa shape index (κ3) is 7.21. The van der Waals surface area contributed by atoms with Crippen LogP contribution in [0.2, 0.25) is 0 Å². The molecule has 2 aromatic rings. The first-order valence-electron chi connectivity index (χ1n) is 10.8. The Morgan fingerprint density at radius 3 is 2.13 bits per heavy atom. The molecule has 0 aliphatic rings. The Hall–Kier alpha value is -2.82. The lowest BCUT2D eigenvalue weighted by molar-refractivity contribution is -0.141. The van der Waals surface area contributed by atoms with Gasteiger partial charge < -0.3 is 15.0 Å². The second-order valence-electron chi connectivity index (χ2n) is 7.59. The van der Waals surface area contributed by atoms with E-state index in [9.17, 15) is 9.59 Å². The molecule has 0 bridgehead atoms. The van der Waals surface area contributed by atoms with E-state index in [-0.39, 0.29) is 11.8 Å². The van der Waals surface area contributed by atoms with Crippen LogP contribution in [-0.2, 0) is 16.1 Å². The molecule has 162 valence electrons. The molecular weight excluding hydrogens is 376 g/mol. The summed E-state index contributed by atoms with van der Waals surface area (Å²) in [5.41, 5.74) is 3.37. The smallest absolute Gasteiger partial charge is 0.242 e. The van der Waals surface area contributed by atoms with Crippen LogP contribution in [0.4, 0.5) is 0 Å². The average molecular weight is 411 g/mol. The number of ether oxygens (including phenoxy) is 1. The highest BCUT2D eigenvalue weighted by Crippen LogP contribution is 2.16. The fraction of sp³-hybridized carbons (Fsp3) is 0.440. The minimum atomic E-state index is -0.475. The first kappa shape index (κ1) is 23.5. The highest BCUT2D eigenvalue weighted by atomic mass is 16.5. The van der Waals surface area contributed by atoms with Crippen LogP contribution in [0.5, 0.6) is 5.75 Å². The van der Waals surface area contributed by atoms with Gasteiger partial charge in [-0.25, -0.2) is 0 Å². The van der Waals surface area contributed by atoms with E-state index in [4.69, 9.17) is 4.74 Å². The molecule has 2 rings (SSSR count). The molecule has 1 unspecified atom stereocenters. The summed E-state index contributed by atoms with van der Waals surface area (Å²) in [6.45, 7) is 9.33. The van der Waals surface area contributed by atoms with Gasteiger partial charge in [-0.1, -0.05) is 54.4 Å². The van der Waals surface area contributed by atoms with Crippen LogP contribution in [-0.4, -0.2) is 35.9 Å². The van der Waals surface area contributed by atoms with Crippen molar-refractivity contribution in [1.29, 1.82) is 0 Å². The Morgan fingerprint density at radius 2 is 1.57 bits per heavy atom. The van der Waals surface area contributed by atoms with Gasteiger partial charge in [-0.2, -0.15) is 0 Å². The number of likely N-dealkylation sites (N-methyl/N-ethyl adjacent to an activating group) is 1. The number of carbonyl (C=O) groups is 2. The van der Waals surface area contributed by atoms with Crippen molar-refractivity contribution < 1.29 is 14.3 Å². The number of nitrogens with zero attached hydrogens (tertiary/aromatic N) is 1. The maximum Gasteiger partial charge on any atom is 0.242 e. The lowest BCUT2D eigenvalue weighted by Gasteiger charge is -2.30. The summed E-state index contributed by atoms with van der Waals surface area (Å²) in [7, 11) is 0. The molecule has 0 heterocycles. The zero-order chi connectivity index (χ0) is 21.9. The van der Waals surface area contributed by atoms with Crippen LogP contribution in [0.15, 0.2) is 48.5 Å². The second kappa shape index (κ2) is 12.0. The van der Waals surface area contributed by atoms with Gasteiger partial charge in [0.15, 0.2) is 0 Å². The molecular formula is C25H34N2O3. The van der Waals surface area contributed by atoms with Gasteiger partial charge in [0.1, 0.15) is 11.8 Å². The fourth-order valence-electron chi connectivity index (χ4n) is 3.29. The normalized spacial score (nSPS) is 11.6. The lowest BCUT2D eigenvalue weighted by Crippen LogP contribution is -2.49. The van der Waals surface area contributed by atoms with Gasteiger partial charge in [-0.05, 0) is 51.3 Å². The van der Waals surface area contributed by atoms with Gasteiger partial charge in [0.05, 0.1) is 6.61 Å². The Bertz CT molecular complexity index is 800. The van der Waals surface area contributed by atoms with E-state index in [1.165, 1.54) is 11.1 Å². The van der Waals surface area contributed by atoms with Crippen molar-refractivity contribution in [2.45, 2.75) is 59.5 Å². The largest absolute Gasteiger partial charge is 0.494 e. The van der Waals surface area contributed by atoms with E-state index in [2.05, 4.69) is 5.32 Å². The number of hydrogen-bond donors (Lipinski definition) is 1. The predicted octanol–water partition coefficient (Wildman–Crippen LogP) is 4.41. The second-order valence-corrected chi connectivity index (χ2v) is 7.59. The molecule has 0 aliphatic carbocycles. The third-order valence-corrected chi connectivity index (χ3v) is 5.04. The molecule has 2 amide bonds. The van der Waals surface area contributed by atoms with Gasteiger partial charge in [0.2, 0.25) is 11.8 Å². The SMILES string of the molecule is CCNC(=O)C(CC)N(Cc1ccc(C)cc1)C(=O)CCCOc1ccc(C)cc1. The van der Waals surface area contributed by atoms with Gasteiger partial charge in [0, 0.05) is 19.5 Å². The molecule has 5 heteroatoms. The molecule has 2 aromatic carbocycles. The van der Waals surface area contributed by atoms with Crippen LogP contribution in [0.1, 0.15) is 49.8 Å². The van der Waals surface area contributed by atoms with Crippen molar-refractivity contribution in [3.63, 3.8) is 0 Å². The number of nitrogens with one attached hydrogen (secondary N) is 1. The highest BCUT2D eigenvalue weighted by Gasteiger charge is 2.27. The molecule has 0 fully saturated rings. The first-order valence-corrected chi connectivity index (χ1v) is 10.8. The zero-order valence-corrected chi connectivity index (χ0v) is 18.6. The van der Waals surface area contributed by atoms with Crippen LogP contribution < -0.4 is 10.1 Å². The fourth-order valence-corrected chi connectivity index (χ4v) is 3.29. The van der Waals surface area contributed by atoms with Crippen LogP contribution in [0, 0.1) is 13.8 Å². The van der Waals surface area contributed by atoms with Gasteiger partial charge in [-0.15, -0.1) is 0 Å². The maximum atomic E-state index is 13.1. The monoisotopic (exact) mass is 410 g/mol. The van der Waals surface area contributed by atoms with Gasteiger partial charge in [0.25, 0.3) is 0 Å². The minimum Gasteiger partial charge on any atom is -0.494 e. The molecule has 0 saturated heterocycles. The Morgan fingerprint density at radius 1 is 0.967 bits per heavy atom. The predicted molar refractivity (Wildman–Crippen MR) is 120 cm³/mol. The Balaban J connectivity index is 2.01. The Kier molecular flexibility index (Phi) is 9.39. The van der Waals surface area contributed by atoms with Crippen LogP contribution >= 0.6 is 0 Å². The summed E-state index contributed by atoms with van der Waals surface area (Å²) in [4.78, 5) is 27.4. The summed E-state index contributed by atoms with van der Waals surface area (Å²) >= 11 is 0. The summed E-state index contributed by atoms with van der Waals surface area (Å²) in [5, 5.41) is 2.86. The molecule has 0 saturated carbocycles. The summed E-state index contributed by atoms with van der Waals surface area (Å²) in [6.07, 6.45) is 1.51. The van der Waals surface area contributed by atoms with E-state index in [0.29, 0.717) is 39.0 Å². The summed E-state index contributed by atoms with van der Waals surface area (Å²) in [5.74, 6) is 0.677. The molecule has 0 radical (unpaired) electrons. The zero-order valence-electron chi connectivity index (χ0n) is 18.6. The van der Waals surface area contributed by atoms with Gasteiger partial charge in [-0.3, -0.25) is 9.59 Å². The number of aryl methyl sites for hydroxylation is 2. The molecule has 0 spiro atoms. The van der Waals surface area contributed by atoms with E-state index in [1.807, 2.05) is 76.2 Å². The van der Waals surface area contributed by atoms with E-state index in [1.54, 1.807) is 4.90 Å². The number of rotatable bonds is 11. The van der Waals surface area contributed by atoms with Crippen molar-refractivity contribution in [1.82, 2.24) is 10.2 Å². The minimum absolute atomic E-state index is 0.0267. The first-order chi connectivity index (χ1) is 14.4. The molecule has 1 N–H and O–H groups in total. The quantitative estimate of drug-likeness (QED) is 0.559. The molecule has 30 heavy (non-hydrogen) atoms. The topological polar surface area (TPSA) is 58.6 Å². The van der Waals surface area contributed by atoms with Crippen LogP contribution in [0.3, 0.4) is 0 Å². The maximum absolute atomic E-state index is 13.1. The lowest BCUT2D eigenvalue weighted by atomic mass is 10.1. The van der Waals surface area contributed by atoms with Crippen molar-refractivity contribution in [2.24, 2.45) is 0 Å². The van der Waals surface area contributed by atoms with Crippen molar-refractivity contribution in [3.8, 4) is 5.75 Å². The molecule has 1 atom stereocenters. The molecule has 5 nitrogen and oxygen atoms in total. The highest BCUT2D eigenvalue weighted by molar-refractivity contribution is 5.87. The standard InChI is InChI=1S/C25H34N2O3/c1-5-23(25(29)26-6-2)27(18-21-13-9-19(3)10-14-21)24(28)8-7-17-30-22-15-11-20(4)12-16-22/h9-16,23H,5-8,17-18H2,1-4H3,(H,26,29). The number of amides is 2. The molecule has 0 aromatic heterocycles. The Labute approximate surface area is 180 Å². The summed E-state index contributed by atoms with van der Waals surface area (Å²) in [6, 6.07) is 15.5. The van der Waals surface area contributed by atoms with Crippen molar-refractivity contribution in [2.75, 3.05) is 13.2 Å². The number of benzene rings is 2. The van der Waals surface area contributed by atoms with E-state index in [0.717, 1.165) is 11.3 Å². The third-order valence-electron chi connectivity index (χ3n) is 5.04. The van der Waals surface area contributed by atoms with Crippen molar-refractivity contribution >= 4 is 11.8 Å². The van der Waals surface area contributed by atoms with E-state index >= 15 is 0 Å². The number of hydrogen-bond acceptors (Lipinski definition) is 3. The van der Waals surface area contributed by atoms with Crippen molar-refractivity contribution in [3.05, 3.63) is 65.2 Å². The van der Waals surface area contributed by atoms with Gasteiger partial charge >= 0.3 is 0 Å². The average Bonchev–Trinajstić information content (AvgIpc) is 2.74. The molecule has 0 aliphatic heterocycles. The van der Waals surface area contributed by atoms with E-state index < -0.39 is 6.04 Å². The summed E-state index contributed by atoms with van der Waals surface area (Å²) < 4.78 is 5.75. The number of carbonyl (C=O) groups excluding carboxylic acids is 2.